The van der Waals surface area contributed by atoms with Gasteiger partial charge in [-0.05, 0) is 39.0 Å². The number of halogens is 1. The molecule has 0 bridgehead atoms. The molecule has 1 unspecified atom stereocenters. The lowest BCUT2D eigenvalue weighted by Gasteiger charge is -2.29. The topological polar surface area (TPSA) is 61.4 Å². The molecule has 1 amide bonds. The molecule has 0 aliphatic rings. The molecule has 0 saturated heterocycles. The largest absolute Gasteiger partial charge is 0.392 e. The molecule has 3 N–H and O–H groups in total. The van der Waals surface area contributed by atoms with Gasteiger partial charge in [0, 0.05) is 16.2 Å². The number of hydrogen-bond donors (Lipinski definition) is 3. The molecule has 0 aromatic heterocycles. The molecule has 0 saturated carbocycles. The van der Waals surface area contributed by atoms with Crippen LogP contribution in [-0.4, -0.2) is 29.2 Å². The predicted octanol–water partition coefficient (Wildman–Crippen LogP) is 2.03. The summed E-state index contributed by atoms with van der Waals surface area (Å²) < 4.78 is 0. The molecule has 1 rings (SSSR count). The fraction of sp³-hybridized carbons (Fsp3) is 0.462. The number of aliphatic hydroxyl groups excluding tert-OH is 1. The standard InChI is InChI=1S/C13H19ClN2O2/c1-9(17)13(2,3)15-8-12(18)16-11-6-4-5-10(14)7-11/h4-7,9,15,17H,8H2,1-3H3,(H,16,18). The first-order chi connectivity index (χ1) is 8.31. The van der Waals surface area contributed by atoms with Crippen molar-refractivity contribution in [1.29, 1.82) is 0 Å². The molecular formula is C13H19ClN2O2. The van der Waals surface area contributed by atoms with Crippen molar-refractivity contribution in [3.8, 4) is 0 Å². The number of hydrogen-bond acceptors (Lipinski definition) is 3. The minimum absolute atomic E-state index is 0.129. The van der Waals surface area contributed by atoms with E-state index < -0.39 is 11.6 Å². The predicted molar refractivity (Wildman–Crippen MR) is 73.8 cm³/mol. The van der Waals surface area contributed by atoms with Crippen LogP contribution in [0, 0.1) is 0 Å². The highest BCUT2D eigenvalue weighted by Gasteiger charge is 2.23. The highest BCUT2D eigenvalue weighted by atomic mass is 35.5. The number of carbonyl (C=O) groups is 1. The maximum atomic E-state index is 11.7. The van der Waals surface area contributed by atoms with E-state index in [0.717, 1.165) is 0 Å². The van der Waals surface area contributed by atoms with Crippen LogP contribution in [0.25, 0.3) is 0 Å². The molecule has 18 heavy (non-hydrogen) atoms. The van der Waals surface area contributed by atoms with Crippen molar-refractivity contribution >= 4 is 23.2 Å². The second-order valence-corrected chi connectivity index (χ2v) is 5.25. The first-order valence-electron chi connectivity index (χ1n) is 5.80. The summed E-state index contributed by atoms with van der Waals surface area (Å²) in [6.07, 6.45) is -0.545. The van der Waals surface area contributed by atoms with Crippen LogP contribution in [0.1, 0.15) is 20.8 Å². The maximum Gasteiger partial charge on any atom is 0.238 e. The SMILES string of the molecule is CC(O)C(C)(C)NCC(=O)Nc1cccc(Cl)c1. The lowest BCUT2D eigenvalue weighted by molar-refractivity contribution is -0.115. The number of anilines is 1. The summed E-state index contributed by atoms with van der Waals surface area (Å²) in [5.74, 6) is -0.175. The fourth-order valence-electron chi connectivity index (χ4n) is 1.23. The van der Waals surface area contributed by atoms with Crippen molar-refractivity contribution in [2.24, 2.45) is 0 Å². The Hall–Kier alpha value is -1.10. The van der Waals surface area contributed by atoms with Crippen molar-refractivity contribution in [3.63, 3.8) is 0 Å². The smallest absolute Gasteiger partial charge is 0.238 e. The third-order valence-corrected chi connectivity index (χ3v) is 3.09. The first kappa shape index (κ1) is 15.0. The van der Waals surface area contributed by atoms with Crippen LogP contribution in [0.3, 0.4) is 0 Å². The lowest BCUT2D eigenvalue weighted by Crippen LogP contribution is -2.50. The Balaban J connectivity index is 2.48. The van der Waals surface area contributed by atoms with Gasteiger partial charge in [0.05, 0.1) is 12.6 Å². The van der Waals surface area contributed by atoms with Crippen LogP contribution < -0.4 is 10.6 Å². The second kappa shape index (κ2) is 6.18. The van der Waals surface area contributed by atoms with Gasteiger partial charge in [-0.1, -0.05) is 17.7 Å². The van der Waals surface area contributed by atoms with E-state index in [2.05, 4.69) is 10.6 Å². The molecule has 0 aliphatic carbocycles. The van der Waals surface area contributed by atoms with Gasteiger partial charge in [-0.25, -0.2) is 0 Å². The van der Waals surface area contributed by atoms with Crippen LogP contribution in [0.4, 0.5) is 5.69 Å². The summed E-state index contributed by atoms with van der Waals surface area (Å²) >= 11 is 5.82. The lowest BCUT2D eigenvalue weighted by atomic mass is 9.99. The van der Waals surface area contributed by atoms with Crippen molar-refractivity contribution in [1.82, 2.24) is 5.32 Å². The average Bonchev–Trinajstić information content (AvgIpc) is 2.26. The number of nitrogens with one attached hydrogen (secondary N) is 2. The van der Waals surface area contributed by atoms with Gasteiger partial charge >= 0.3 is 0 Å². The molecule has 1 aromatic carbocycles. The summed E-state index contributed by atoms with van der Waals surface area (Å²) in [5.41, 5.74) is 0.148. The van der Waals surface area contributed by atoms with Gasteiger partial charge in [-0.3, -0.25) is 4.79 Å². The van der Waals surface area contributed by atoms with E-state index in [1.165, 1.54) is 0 Å². The quantitative estimate of drug-likeness (QED) is 0.767. The summed E-state index contributed by atoms with van der Waals surface area (Å²) in [6, 6.07) is 6.96. The number of carbonyl (C=O) groups excluding carboxylic acids is 1. The van der Waals surface area contributed by atoms with E-state index in [4.69, 9.17) is 11.6 Å². The Morgan fingerprint density at radius 2 is 2.17 bits per heavy atom. The Morgan fingerprint density at radius 3 is 2.72 bits per heavy atom. The van der Waals surface area contributed by atoms with E-state index in [0.29, 0.717) is 10.7 Å². The molecule has 5 heteroatoms. The molecule has 0 heterocycles. The normalized spacial score (nSPS) is 13.2. The van der Waals surface area contributed by atoms with Gasteiger partial charge in [-0.15, -0.1) is 0 Å². The zero-order chi connectivity index (χ0) is 13.8. The van der Waals surface area contributed by atoms with Crippen molar-refractivity contribution in [2.45, 2.75) is 32.4 Å². The molecule has 0 aliphatic heterocycles. The van der Waals surface area contributed by atoms with Crippen LogP contribution in [-0.2, 0) is 4.79 Å². The Morgan fingerprint density at radius 1 is 1.50 bits per heavy atom. The highest BCUT2D eigenvalue weighted by molar-refractivity contribution is 6.30. The van der Waals surface area contributed by atoms with Crippen molar-refractivity contribution in [2.75, 3.05) is 11.9 Å². The summed E-state index contributed by atoms with van der Waals surface area (Å²) in [4.78, 5) is 11.7. The Bertz CT molecular complexity index is 419. The van der Waals surface area contributed by atoms with Gasteiger partial charge in [0.1, 0.15) is 0 Å². The molecule has 0 radical (unpaired) electrons. The maximum absolute atomic E-state index is 11.7. The molecular weight excluding hydrogens is 252 g/mol. The molecule has 1 aromatic rings. The van der Waals surface area contributed by atoms with Crippen molar-refractivity contribution < 1.29 is 9.90 Å². The second-order valence-electron chi connectivity index (χ2n) is 4.81. The first-order valence-corrected chi connectivity index (χ1v) is 6.17. The monoisotopic (exact) mass is 270 g/mol. The Kier molecular flexibility index (Phi) is 5.14. The van der Waals surface area contributed by atoms with E-state index in [1.807, 2.05) is 13.8 Å². The van der Waals surface area contributed by atoms with Gasteiger partial charge in [-0.2, -0.15) is 0 Å². The van der Waals surface area contributed by atoms with Crippen LogP contribution in [0.2, 0.25) is 5.02 Å². The van der Waals surface area contributed by atoms with Gasteiger partial charge in [0.15, 0.2) is 0 Å². The highest BCUT2D eigenvalue weighted by Crippen LogP contribution is 2.14. The number of rotatable bonds is 5. The van der Waals surface area contributed by atoms with E-state index >= 15 is 0 Å². The molecule has 1 atom stereocenters. The summed E-state index contributed by atoms with van der Waals surface area (Å²) in [6.45, 7) is 5.49. The summed E-state index contributed by atoms with van der Waals surface area (Å²) in [5, 5.41) is 15.8. The van der Waals surface area contributed by atoms with Gasteiger partial charge in [0.2, 0.25) is 5.91 Å². The third-order valence-electron chi connectivity index (χ3n) is 2.86. The fourth-order valence-corrected chi connectivity index (χ4v) is 1.42. The minimum Gasteiger partial charge on any atom is -0.392 e. The summed E-state index contributed by atoms with van der Waals surface area (Å²) in [7, 11) is 0. The number of benzene rings is 1. The molecule has 0 fully saturated rings. The third kappa shape index (κ3) is 4.64. The van der Waals surface area contributed by atoms with E-state index in [-0.39, 0.29) is 12.5 Å². The number of amides is 1. The van der Waals surface area contributed by atoms with Crippen LogP contribution in [0.5, 0.6) is 0 Å². The zero-order valence-corrected chi connectivity index (χ0v) is 11.6. The average molecular weight is 271 g/mol. The minimum atomic E-state index is -0.545. The molecule has 4 nitrogen and oxygen atoms in total. The Labute approximate surface area is 112 Å². The van der Waals surface area contributed by atoms with Gasteiger partial charge < -0.3 is 15.7 Å². The van der Waals surface area contributed by atoms with Crippen LogP contribution >= 0.6 is 11.6 Å². The molecule has 100 valence electrons. The van der Waals surface area contributed by atoms with E-state index in [1.54, 1.807) is 31.2 Å². The zero-order valence-electron chi connectivity index (χ0n) is 10.8. The van der Waals surface area contributed by atoms with E-state index in [9.17, 15) is 9.90 Å². The number of aliphatic hydroxyl groups is 1. The van der Waals surface area contributed by atoms with Crippen LogP contribution in [0.15, 0.2) is 24.3 Å². The van der Waals surface area contributed by atoms with Gasteiger partial charge in [0.25, 0.3) is 0 Å². The molecule has 0 spiro atoms. The van der Waals surface area contributed by atoms with Crippen molar-refractivity contribution in [3.05, 3.63) is 29.3 Å².